The Kier molecular flexibility index (Phi) is 5.01. The summed E-state index contributed by atoms with van der Waals surface area (Å²) < 4.78 is 5.49. The van der Waals surface area contributed by atoms with Crippen LogP contribution in [-0.2, 0) is 6.54 Å². The minimum Gasteiger partial charge on any atom is -0.494 e. The van der Waals surface area contributed by atoms with E-state index in [9.17, 15) is 0 Å². The average Bonchev–Trinajstić information content (AvgIpc) is 2.58. The molecular formula is C18H23N3O. The van der Waals surface area contributed by atoms with Crippen molar-refractivity contribution in [3.05, 3.63) is 54.1 Å². The molecule has 0 spiro atoms. The van der Waals surface area contributed by atoms with Gasteiger partial charge in [-0.25, -0.2) is 9.97 Å². The van der Waals surface area contributed by atoms with E-state index >= 15 is 0 Å². The van der Waals surface area contributed by atoms with Crippen molar-refractivity contribution in [2.45, 2.75) is 32.2 Å². The Hall–Kier alpha value is -1.94. The molecule has 0 saturated carbocycles. The first-order chi connectivity index (χ1) is 10.8. The van der Waals surface area contributed by atoms with Crippen molar-refractivity contribution in [3.63, 3.8) is 0 Å². The Morgan fingerprint density at radius 1 is 1.14 bits per heavy atom. The zero-order valence-electron chi connectivity index (χ0n) is 13.1. The third-order valence-corrected chi connectivity index (χ3v) is 4.25. The van der Waals surface area contributed by atoms with Gasteiger partial charge in [0.15, 0.2) is 0 Å². The predicted molar refractivity (Wildman–Crippen MR) is 86.9 cm³/mol. The van der Waals surface area contributed by atoms with E-state index in [1.165, 1.54) is 24.1 Å². The summed E-state index contributed by atoms with van der Waals surface area (Å²) in [6.45, 7) is 6.00. The summed E-state index contributed by atoms with van der Waals surface area (Å²) in [6.07, 6.45) is 5.85. The van der Waals surface area contributed by atoms with Gasteiger partial charge in [0.25, 0.3) is 0 Å². The van der Waals surface area contributed by atoms with Crippen molar-refractivity contribution in [3.8, 4) is 5.75 Å². The lowest BCUT2D eigenvalue weighted by Gasteiger charge is -2.31. The summed E-state index contributed by atoms with van der Waals surface area (Å²) in [7, 11) is 0. The maximum Gasteiger partial charge on any atom is 0.119 e. The summed E-state index contributed by atoms with van der Waals surface area (Å²) in [5.74, 6) is 1.54. The van der Waals surface area contributed by atoms with Gasteiger partial charge in [-0.15, -0.1) is 0 Å². The van der Waals surface area contributed by atoms with Gasteiger partial charge in [-0.3, -0.25) is 4.90 Å². The van der Waals surface area contributed by atoms with Crippen LogP contribution in [0.2, 0.25) is 0 Å². The van der Waals surface area contributed by atoms with Crippen LogP contribution < -0.4 is 4.74 Å². The Labute approximate surface area is 132 Å². The molecule has 0 bridgehead atoms. The lowest BCUT2D eigenvalue weighted by molar-refractivity contribution is 0.203. The third-order valence-electron chi connectivity index (χ3n) is 4.25. The molecule has 3 rings (SSSR count). The fourth-order valence-electron chi connectivity index (χ4n) is 3.05. The van der Waals surface area contributed by atoms with Gasteiger partial charge in [-0.2, -0.15) is 0 Å². The van der Waals surface area contributed by atoms with Crippen LogP contribution in [0.15, 0.2) is 42.9 Å². The molecule has 0 aliphatic carbocycles. The molecule has 1 fully saturated rings. The quantitative estimate of drug-likeness (QED) is 0.849. The molecule has 1 aliphatic heterocycles. The lowest BCUT2D eigenvalue weighted by atomic mass is 9.93. The second-order valence-electron chi connectivity index (χ2n) is 5.76. The average molecular weight is 297 g/mol. The summed E-state index contributed by atoms with van der Waals surface area (Å²) in [4.78, 5) is 10.9. The largest absolute Gasteiger partial charge is 0.494 e. The Bertz CT molecular complexity index is 563. The second kappa shape index (κ2) is 7.36. The molecule has 0 radical (unpaired) electrons. The zero-order valence-corrected chi connectivity index (χ0v) is 13.1. The lowest BCUT2D eigenvalue weighted by Crippen LogP contribution is -2.32. The van der Waals surface area contributed by atoms with Gasteiger partial charge >= 0.3 is 0 Å². The smallest absolute Gasteiger partial charge is 0.119 e. The highest BCUT2D eigenvalue weighted by Crippen LogP contribution is 2.27. The normalized spacial score (nSPS) is 16.6. The van der Waals surface area contributed by atoms with E-state index in [1.54, 1.807) is 6.33 Å². The van der Waals surface area contributed by atoms with Crippen molar-refractivity contribution in [1.82, 2.24) is 14.9 Å². The molecule has 22 heavy (non-hydrogen) atoms. The van der Waals surface area contributed by atoms with E-state index in [4.69, 9.17) is 4.74 Å². The van der Waals surface area contributed by atoms with Crippen molar-refractivity contribution in [2.24, 2.45) is 0 Å². The van der Waals surface area contributed by atoms with Gasteiger partial charge in [-0.1, -0.05) is 12.1 Å². The number of aromatic nitrogens is 2. The third kappa shape index (κ3) is 3.83. The highest BCUT2D eigenvalue weighted by atomic mass is 16.5. The molecule has 1 aromatic heterocycles. The van der Waals surface area contributed by atoms with E-state index in [0.29, 0.717) is 5.92 Å². The summed E-state index contributed by atoms with van der Waals surface area (Å²) in [5.41, 5.74) is 2.54. The Morgan fingerprint density at radius 2 is 1.91 bits per heavy atom. The number of hydrogen-bond donors (Lipinski definition) is 0. The molecule has 1 aromatic carbocycles. The van der Waals surface area contributed by atoms with Gasteiger partial charge < -0.3 is 4.74 Å². The van der Waals surface area contributed by atoms with Crippen molar-refractivity contribution in [2.75, 3.05) is 19.7 Å². The number of likely N-dealkylation sites (tertiary alicyclic amines) is 1. The van der Waals surface area contributed by atoms with E-state index in [-0.39, 0.29) is 0 Å². The number of nitrogens with zero attached hydrogens (tertiary/aromatic N) is 3. The number of benzene rings is 1. The summed E-state index contributed by atoms with van der Waals surface area (Å²) in [5, 5.41) is 0. The molecule has 0 amide bonds. The fraction of sp³-hybridized carbons (Fsp3) is 0.444. The van der Waals surface area contributed by atoms with Crippen LogP contribution in [0.1, 0.15) is 36.9 Å². The minimum atomic E-state index is 0.583. The van der Waals surface area contributed by atoms with Crippen LogP contribution in [0, 0.1) is 0 Å². The maximum atomic E-state index is 5.49. The standard InChI is InChI=1S/C18H23N3O/c1-2-22-17-5-3-15(4-6-17)13-21-11-8-16(9-12-21)18-7-10-19-14-20-18/h3-7,10,14,16H,2,8-9,11-13H2,1H3. The number of piperidine rings is 1. The van der Waals surface area contributed by atoms with Crippen LogP contribution >= 0.6 is 0 Å². The highest BCUT2D eigenvalue weighted by Gasteiger charge is 2.21. The van der Waals surface area contributed by atoms with E-state index in [1.807, 2.05) is 19.2 Å². The summed E-state index contributed by atoms with van der Waals surface area (Å²) in [6, 6.07) is 10.5. The Balaban J connectivity index is 1.51. The van der Waals surface area contributed by atoms with Crippen LogP contribution in [0.4, 0.5) is 0 Å². The van der Waals surface area contributed by atoms with E-state index < -0.39 is 0 Å². The maximum absolute atomic E-state index is 5.49. The second-order valence-corrected chi connectivity index (χ2v) is 5.76. The molecule has 0 atom stereocenters. The van der Waals surface area contributed by atoms with Gasteiger partial charge in [0, 0.05) is 24.4 Å². The molecule has 116 valence electrons. The zero-order chi connectivity index (χ0) is 15.2. The Morgan fingerprint density at radius 3 is 2.55 bits per heavy atom. The molecule has 2 heterocycles. The minimum absolute atomic E-state index is 0.583. The monoisotopic (exact) mass is 297 g/mol. The van der Waals surface area contributed by atoms with Crippen LogP contribution in [-0.4, -0.2) is 34.6 Å². The number of ether oxygens (including phenoxy) is 1. The van der Waals surface area contributed by atoms with Crippen LogP contribution in [0.5, 0.6) is 5.75 Å². The predicted octanol–water partition coefficient (Wildman–Crippen LogP) is 3.25. The highest BCUT2D eigenvalue weighted by molar-refractivity contribution is 5.27. The first kappa shape index (κ1) is 15.0. The van der Waals surface area contributed by atoms with Gasteiger partial charge in [0.05, 0.1) is 6.61 Å². The van der Waals surface area contributed by atoms with Crippen LogP contribution in [0.25, 0.3) is 0 Å². The van der Waals surface area contributed by atoms with E-state index in [0.717, 1.165) is 32.0 Å². The van der Waals surface area contributed by atoms with Gasteiger partial charge in [0.1, 0.15) is 12.1 Å². The molecular weight excluding hydrogens is 274 g/mol. The van der Waals surface area contributed by atoms with Crippen molar-refractivity contribution in [1.29, 1.82) is 0 Å². The molecule has 2 aromatic rings. The SMILES string of the molecule is CCOc1ccc(CN2CCC(c3ccncn3)CC2)cc1. The first-order valence-electron chi connectivity index (χ1n) is 8.05. The molecule has 0 unspecified atom stereocenters. The molecule has 0 N–H and O–H groups in total. The number of rotatable bonds is 5. The topological polar surface area (TPSA) is 38.2 Å². The fourth-order valence-corrected chi connectivity index (χ4v) is 3.05. The van der Waals surface area contributed by atoms with E-state index in [2.05, 4.69) is 39.1 Å². The molecule has 4 heteroatoms. The van der Waals surface area contributed by atoms with Gasteiger partial charge in [0.2, 0.25) is 0 Å². The number of hydrogen-bond acceptors (Lipinski definition) is 4. The molecule has 4 nitrogen and oxygen atoms in total. The first-order valence-corrected chi connectivity index (χ1v) is 8.05. The summed E-state index contributed by atoms with van der Waals surface area (Å²) >= 11 is 0. The van der Waals surface area contributed by atoms with Crippen LogP contribution in [0.3, 0.4) is 0 Å². The molecule has 1 aliphatic rings. The van der Waals surface area contributed by atoms with Gasteiger partial charge in [-0.05, 0) is 56.6 Å². The molecule has 1 saturated heterocycles. The van der Waals surface area contributed by atoms with Crippen molar-refractivity contribution < 1.29 is 4.74 Å². The van der Waals surface area contributed by atoms with Crippen molar-refractivity contribution >= 4 is 0 Å².